The van der Waals surface area contributed by atoms with Crippen LogP contribution < -0.4 is 5.32 Å². The van der Waals surface area contributed by atoms with Crippen molar-refractivity contribution in [3.63, 3.8) is 0 Å². The van der Waals surface area contributed by atoms with E-state index in [1.807, 2.05) is 53.2 Å². The zero-order valence-corrected chi connectivity index (χ0v) is 11.9. The van der Waals surface area contributed by atoms with E-state index in [4.69, 9.17) is 23.2 Å². The Morgan fingerprint density at radius 2 is 1.75 bits per heavy atom. The van der Waals surface area contributed by atoms with E-state index in [2.05, 4.69) is 10.3 Å². The molecular formula is C15H11Cl2N3. The smallest absolute Gasteiger partial charge is 0.212 e. The minimum Gasteiger partial charge on any atom is -0.325 e. The van der Waals surface area contributed by atoms with Crippen LogP contribution in [0.2, 0.25) is 10.0 Å². The van der Waals surface area contributed by atoms with Crippen molar-refractivity contribution in [1.82, 2.24) is 9.55 Å². The fraction of sp³-hybridized carbons (Fsp3) is 0. The lowest BCUT2D eigenvalue weighted by atomic mass is 10.3. The standard InChI is InChI=1S/C15H11Cl2N3/c16-12-7-4-8-13(14(12)17)20-10-9-18-15(20)19-11-5-2-1-3-6-11/h1-10H,(H,18,19). The SMILES string of the molecule is Clc1cccc(-n2ccnc2Nc2ccccc2)c1Cl. The van der Waals surface area contributed by atoms with Crippen LogP contribution in [0.1, 0.15) is 0 Å². The predicted molar refractivity (Wildman–Crippen MR) is 83.3 cm³/mol. The number of hydrogen-bond acceptors (Lipinski definition) is 2. The van der Waals surface area contributed by atoms with Crippen molar-refractivity contribution in [2.45, 2.75) is 0 Å². The maximum Gasteiger partial charge on any atom is 0.212 e. The number of benzene rings is 2. The van der Waals surface area contributed by atoms with E-state index in [1.165, 1.54) is 0 Å². The van der Waals surface area contributed by atoms with E-state index >= 15 is 0 Å². The molecular weight excluding hydrogens is 293 g/mol. The van der Waals surface area contributed by atoms with Crippen molar-refractivity contribution in [1.29, 1.82) is 0 Å². The van der Waals surface area contributed by atoms with Crippen LogP contribution in [0.4, 0.5) is 11.6 Å². The fourth-order valence-electron chi connectivity index (χ4n) is 1.92. The number of rotatable bonds is 3. The Hall–Kier alpha value is -1.97. The van der Waals surface area contributed by atoms with Crippen molar-refractivity contribution in [2.24, 2.45) is 0 Å². The van der Waals surface area contributed by atoms with Gasteiger partial charge in [0.25, 0.3) is 0 Å². The second kappa shape index (κ2) is 5.57. The molecule has 0 atom stereocenters. The summed E-state index contributed by atoms with van der Waals surface area (Å²) in [5.74, 6) is 0.681. The van der Waals surface area contributed by atoms with E-state index < -0.39 is 0 Å². The summed E-state index contributed by atoms with van der Waals surface area (Å²) in [6.45, 7) is 0. The molecule has 0 saturated heterocycles. The van der Waals surface area contributed by atoms with Crippen LogP contribution in [0.15, 0.2) is 60.9 Å². The van der Waals surface area contributed by atoms with Crippen LogP contribution in [-0.4, -0.2) is 9.55 Å². The summed E-state index contributed by atoms with van der Waals surface area (Å²) in [5, 5.41) is 4.27. The van der Waals surface area contributed by atoms with E-state index in [0.717, 1.165) is 11.4 Å². The Balaban J connectivity index is 2.00. The Bertz CT molecular complexity index is 723. The Morgan fingerprint density at radius 3 is 2.55 bits per heavy atom. The van der Waals surface area contributed by atoms with Crippen LogP contribution in [-0.2, 0) is 0 Å². The summed E-state index contributed by atoms with van der Waals surface area (Å²) in [7, 11) is 0. The molecule has 3 rings (SSSR count). The molecule has 0 spiro atoms. The van der Waals surface area contributed by atoms with Crippen molar-refractivity contribution in [2.75, 3.05) is 5.32 Å². The minimum atomic E-state index is 0.503. The van der Waals surface area contributed by atoms with Gasteiger partial charge in [0.15, 0.2) is 0 Å². The molecule has 0 amide bonds. The van der Waals surface area contributed by atoms with Gasteiger partial charge in [-0.2, -0.15) is 0 Å². The maximum absolute atomic E-state index is 6.25. The molecule has 0 unspecified atom stereocenters. The van der Waals surface area contributed by atoms with Crippen molar-refractivity contribution >= 4 is 34.8 Å². The molecule has 0 aliphatic carbocycles. The number of nitrogens with one attached hydrogen (secondary N) is 1. The first-order valence-electron chi connectivity index (χ1n) is 6.05. The summed E-state index contributed by atoms with van der Waals surface area (Å²) in [6, 6.07) is 15.3. The van der Waals surface area contributed by atoms with Gasteiger partial charge in [-0.25, -0.2) is 4.98 Å². The Labute approximate surface area is 126 Å². The van der Waals surface area contributed by atoms with Crippen LogP contribution in [0, 0.1) is 0 Å². The maximum atomic E-state index is 6.25. The highest BCUT2D eigenvalue weighted by Gasteiger charge is 2.10. The summed E-state index contributed by atoms with van der Waals surface area (Å²) in [5.41, 5.74) is 1.74. The second-order valence-corrected chi connectivity index (χ2v) is 4.97. The van der Waals surface area contributed by atoms with E-state index in [1.54, 1.807) is 12.3 Å². The van der Waals surface area contributed by atoms with Crippen molar-refractivity contribution < 1.29 is 0 Å². The summed E-state index contributed by atoms with van der Waals surface area (Å²) in [4.78, 5) is 4.31. The fourth-order valence-corrected chi connectivity index (χ4v) is 2.31. The lowest BCUT2D eigenvalue weighted by Gasteiger charge is -2.11. The molecule has 20 heavy (non-hydrogen) atoms. The highest BCUT2D eigenvalue weighted by molar-refractivity contribution is 6.43. The third kappa shape index (κ3) is 2.50. The van der Waals surface area contributed by atoms with Gasteiger partial charge < -0.3 is 5.32 Å². The first-order chi connectivity index (χ1) is 9.75. The second-order valence-electron chi connectivity index (χ2n) is 4.18. The zero-order valence-electron chi connectivity index (χ0n) is 10.4. The molecule has 1 N–H and O–H groups in total. The lowest BCUT2D eigenvalue weighted by molar-refractivity contribution is 1.06. The average molecular weight is 304 g/mol. The van der Waals surface area contributed by atoms with Gasteiger partial charge in [0, 0.05) is 18.1 Å². The van der Waals surface area contributed by atoms with Gasteiger partial charge in [-0.05, 0) is 24.3 Å². The van der Waals surface area contributed by atoms with Gasteiger partial charge in [-0.3, -0.25) is 4.57 Å². The first kappa shape index (κ1) is 13.0. The molecule has 0 aliphatic rings. The van der Waals surface area contributed by atoms with Gasteiger partial charge in [0.2, 0.25) is 5.95 Å². The highest BCUT2D eigenvalue weighted by atomic mass is 35.5. The molecule has 0 fully saturated rings. The van der Waals surface area contributed by atoms with E-state index in [9.17, 15) is 0 Å². The average Bonchev–Trinajstić information content (AvgIpc) is 2.91. The van der Waals surface area contributed by atoms with Crippen molar-refractivity contribution in [3.05, 3.63) is 71.0 Å². The highest BCUT2D eigenvalue weighted by Crippen LogP contribution is 2.30. The lowest BCUT2D eigenvalue weighted by Crippen LogP contribution is -2.01. The van der Waals surface area contributed by atoms with E-state index in [-0.39, 0.29) is 0 Å². The Morgan fingerprint density at radius 1 is 0.950 bits per heavy atom. The number of imidazole rings is 1. The number of hydrogen-bond donors (Lipinski definition) is 1. The number of anilines is 2. The molecule has 2 aromatic carbocycles. The molecule has 0 saturated carbocycles. The van der Waals surface area contributed by atoms with Gasteiger partial charge in [-0.1, -0.05) is 47.5 Å². The van der Waals surface area contributed by atoms with Crippen LogP contribution >= 0.6 is 23.2 Å². The van der Waals surface area contributed by atoms with Crippen molar-refractivity contribution in [3.8, 4) is 5.69 Å². The van der Waals surface area contributed by atoms with Gasteiger partial charge in [0.05, 0.1) is 15.7 Å². The quantitative estimate of drug-likeness (QED) is 0.744. The minimum absolute atomic E-state index is 0.503. The third-order valence-corrected chi connectivity index (χ3v) is 3.67. The molecule has 3 aromatic rings. The normalized spacial score (nSPS) is 10.5. The van der Waals surface area contributed by atoms with Crippen LogP contribution in [0.3, 0.4) is 0 Å². The largest absolute Gasteiger partial charge is 0.325 e. The summed E-state index contributed by atoms with van der Waals surface area (Å²) in [6.07, 6.45) is 3.55. The molecule has 1 aromatic heterocycles. The molecule has 1 heterocycles. The molecule has 100 valence electrons. The Kier molecular flexibility index (Phi) is 3.63. The molecule has 5 heteroatoms. The zero-order chi connectivity index (χ0) is 13.9. The molecule has 0 aliphatic heterocycles. The molecule has 3 nitrogen and oxygen atoms in total. The first-order valence-corrected chi connectivity index (χ1v) is 6.81. The number of aromatic nitrogens is 2. The molecule has 0 bridgehead atoms. The van der Waals surface area contributed by atoms with Gasteiger partial charge in [-0.15, -0.1) is 0 Å². The predicted octanol–water partition coefficient (Wildman–Crippen LogP) is 4.92. The molecule has 0 radical (unpaired) electrons. The summed E-state index contributed by atoms with van der Waals surface area (Å²) < 4.78 is 1.86. The number of para-hydroxylation sites is 1. The van der Waals surface area contributed by atoms with E-state index in [0.29, 0.717) is 16.0 Å². The number of nitrogens with zero attached hydrogens (tertiary/aromatic N) is 2. The summed E-state index contributed by atoms with van der Waals surface area (Å²) >= 11 is 12.3. The van der Waals surface area contributed by atoms with Crippen LogP contribution in [0.25, 0.3) is 5.69 Å². The third-order valence-electron chi connectivity index (χ3n) is 2.86. The monoisotopic (exact) mass is 303 g/mol. The topological polar surface area (TPSA) is 29.9 Å². The van der Waals surface area contributed by atoms with Crippen LogP contribution in [0.5, 0.6) is 0 Å². The number of halogens is 2. The van der Waals surface area contributed by atoms with Gasteiger partial charge >= 0.3 is 0 Å². The van der Waals surface area contributed by atoms with Gasteiger partial charge in [0.1, 0.15) is 0 Å².